The summed E-state index contributed by atoms with van der Waals surface area (Å²) in [6.07, 6.45) is -1.26. The highest BCUT2D eigenvalue weighted by Crippen LogP contribution is 2.55. The Balaban J connectivity index is 2.31. The van der Waals surface area contributed by atoms with Gasteiger partial charge in [-0.15, -0.1) is 11.6 Å². The second kappa shape index (κ2) is 6.46. The van der Waals surface area contributed by atoms with E-state index in [1.165, 1.54) is 12.1 Å². The molecule has 0 amide bonds. The number of hydrogen-bond donors (Lipinski definition) is 0. The van der Waals surface area contributed by atoms with Crippen molar-refractivity contribution in [3.05, 3.63) is 28.7 Å². The molecule has 23 heavy (non-hydrogen) atoms. The predicted octanol–water partition coefficient (Wildman–Crippen LogP) is 4.16. The molecule has 0 aromatic heterocycles. The third kappa shape index (κ3) is 3.58. The van der Waals surface area contributed by atoms with Crippen LogP contribution in [0.15, 0.2) is 33.6 Å². The summed E-state index contributed by atoms with van der Waals surface area (Å²) in [5, 5.41) is 0. The lowest BCUT2D eigenvalue weighted by atomic mass is 9.58. The number of Topliss-reactive ketones (excluding diaryl/α,β-unsaturated/α-hetero) is 1. The average Bonchev–Trinajstić information content (AvgIpc) is 2.46. The quantitative estimate of drug-likeness (QED) is 0.485. The first-order chi connectivity index (χ1) is 10.4. The molecule has 0 saturated heterocycles. The van der Waals surface area contributed by atoms with Gasteiger partial charge in [0.2, 0.25) is 0 Å². The normalized spacial score (nSPS) is 24.3. The monoisotopic (exact) mass is 462 g/mol. The molecule has 2 unspecified atom stereocenters. The Kier molecular flexibility index (Phi) is 5.47. The van der Waals surface area contributed by atoms with Crippen molar-refractivity contribution < 1.29 is 17.4 Å². The van der Waals surface area contributed by atoms with E-state index < -0.39 is 31.9 Å². The van der Waals surface area contributed by atoms with E-state index in [9.17, 15) is 13.2 Å². The summed E-state index contributed by atoms with van der Waals surface area (Å²) in [6.45, 7) is 3.27. The van der Waals surface area contributed by atoms with Crippen molar-refractivity contribution in [3.63, 3.8) is 0 Å². The first-order valence-electron chi connectivity index (χ1n) is 6.60. The van der Waals surface area contributed by atoms with Gasteiger partial charge in [0.25, 0.3) is 10.1 Å². The van der Waals surface area contributed by atoms with Crippen molar-refractivity contribution in [2.75, 3.05) is 5.88 Å². The summed E-state index contributed by atoms with van der Waals surface area (Å²) in [7, 11) is -4.12. The van der Waals surface area contributed by atoms with Gasteiger partial charge in [-0.05, 0) is 24.3 Å². The van der Waals surface area contributed by atoms with Crippen molar-refractivity contribution in [1.82, 2.24) is 0 Å². The molecule has 2 rings (SSSR count). The summed E-state index contributed by atoms with van der Waals surface area (Å²) >= 11 is 21.3. The number of carbonyl (C=O) groups is 1. The van der Waals surface area contributed by atoms with E-state index >= 15 is 0 Å². The summed E-state index contributed by atoms with van der Waals surface area (Å²) < 4.78 is 29.1. The minimum atomic E-state index is -4.12. The molecule has 1 fully saturated rings. The SMILES string of the molecule is CC1(C)C(=O)C(OS(=O)(=O)c2ccc(Br)cc2)C1C(Cl)(Cl)CCl. The number of hydrogen-bond acceptors (Lipinski definition) is 4. The zero-order valence-electron chi connectivity index (χ0n) is 12.2. The molecule has 2 atom stereocenters. The Hall–Kier alpha value is 0.150. The first kappa shape index (κ1) is 19.5. The van der Waals surface area contributed by atoms with Crippen molar-refractivity contribution in [2.24, 2.45) is 11.3 Å². The van der Waals surface area contributed by atoms with Crippen LogP contribution < -0.4 is 0 Å². The molecule has 1 aliphatic rings. The van der Waals surface area contributed by atoms with Gasteiger partial charge >= 0.3 is 0 Å². The Bertz CT molecular complexity index is 716. The van der Waals surface area contributed by atoms with Crippen molar-refractivity contribution in [3.8, 4) is 0 Å². The fraction of sp³-hybridized carbons (Fsp3) is 0.500. The highest BCUT2D eigenvalue weighted by atomic mass is 79.9. The molecule has 1 aliphatic carbocycles. The first-order valence-corrected chi connectivity index (χ1v) is 10.1. The minimum Gasteiger partial charge on any atom is -0.296 e. The van der Waals surface area contributed by atoms with Crippen LogP contribution in [0.5, 0.6) is 0 Å². The maximum absolute atomic E-state index is 12.4. The Morgan fingerprint density at radius 3 is 2.26 bits per heavy atom. The molecule has 128 valence electrons. The molecule has 0 bridgehead atoms. The van der Waals surface area contributed by atoms with E-state index in [1.54, 1.807) is 26.0 Å². The fourth-order valence-corrected chi connectivity index (χ4v) is 4.94. The molecule has 0 N–H and O–H groups in total. The van der Waals surface area contributed by atoms with Crippen LogP contribution in [0.4, 0.5) is 0 Å². The lowest BCUT2D eigenvalue weighted by Gasteiger charge is -2.52. The predicted molar refractivity (Wildman–Crippen MR) is 93.6 cm³/mol. The molecule has 0 spiro atoms. The number of alkyl halides is 3. The van der Waals surface area contributed by atoms with Crippen molar-refractivity contribution in [2.45, 2.75) is 29.2 Å². The molecule has 4 nitrogen and oxygen atoms in total. The number of ketones is 1. The van der Waals surface area contributed by atoms with E-state index in [0.29, 0.717) is 0 Å². The molecule has 0 heterocycles. The summed E-state index contributed by atoms with van der Waals surface area (Å²) in [4.78, 5) is 12.2. The highest BCUT2D eigenvalue weighted by Gasteiger charge is 2.65. The van der Waals surface area contributed by atoms with Crippen LogP contribution in [-0.4, -0.2) is 30.5 Å². The zero-order valence-corrected chi connectivity index (χ0v) is 16.9. The van der Waals surface area contributed by atoms with E-state index in [-0.39, 0.29) is 16.6 Å². The minimum absolute atomic E-state index is 0.0578. The van der Waals surface area contributed by atoms with Crippen LogP contribution in [0.3, 0.4) is 0 Å². The van der Waals surface area contributed by atoms with Crippen LogP contribution in [0, 0.1) is 11.3 Å². The number of rotatable bonds is 5. The average molecular weight is 465 g/mol. The third-order valence-electron chi connectivity index (χ3n) is 3.94. The molecule has 1 aromatic carbocycles. The maximum atomic E-state index is 12.4. The topological polar surface area (TPSA) is 60.4 Å². The van der Waals surface area contributed by atoms with Gasteiger partial charge in [-0.25, -0.2) is 0 Å². The van der Waals surface area contributed by atoms with Gasteiger partial charge in [0.1, 0.15) is 10.4 Å². The molecule has 1 saturated carbocycles. The lowest BCUT2D eigenvalue weighted by Crippen LogP contribution is -2.65. The molecule has 1 aromatic rings. The lowest BCUT2D eigenvalue weighted by molar-refractivity contribution is -0.161. The van der Waals surface area contributed by atoms with E-state index in [1.807, 2.05) is 0 Å². The van der Waals surface area contributed by atoms with E-state index in [2.05, 4.69) is 15.9 Å². The molecular weight excluding hydrogens is 450 g/mol. The van der Waals surface area contributed by atoms with Gasteiger partial charge in [0.05, 0.1) is 10.8 Å². The largest absolute Gasteiger partial charge is 0.297 e. The molecular formula is C14H14BrCl3O4S. The maximum Gasteiger partial charge on any atom is 0.297 e. The fourth-order valence-electron chi connectivity index (χ4n) is 2.68. The van der Waals surface area contributed by atoms with Crippen LogP contribution >= 0.6 is 50.7 Å². The second-order valence-corrected chi connectivity index (χ2v) is 10.2. The van der Waals surface area contributed by atoms with Gasteiger partial charge in [-0.3, -0.25) is 8.98 Å². The van der Waals surface area contributed by atoms with Gasteiger partial charge < -0.3 is 0 Å². The molecule has 9 heteroatoms. The van der Waals surface area contributed by atoms with Crippen molar-refractivity contribution in [1.29, 1.82) is 0 Å². The standard InChI is InChI=1S/C14H14BrCl3O4S/c1-13(2)11(14(17,18)7-16)10(12(13)19)22-23(20,21)9-5-3-8(15)4-6-9/h3-6,10-11H,7H2,1-2H3. The van der Waals surface area contributed by atoms with Gasteiger partial charge in [0.15, 0.2) is 5.78 Å². The van der Waals surface area contributed by atoms with Gasteiger partial charge in [0, 0.05) is 15.8 Å². The number of benzene rings is 1. The molecule has 0 aliphatic heterocycles. The van der Waals surface area contributed by atoms with E-state index in [0.717, 1.165) is 4.47 Å². The smallest absolute Gasteiger partial charge is 0.296 e. The van der Waals surface area contributed by atoms with Crippen LogP contribution in [0.1, 0.15) is 13.8 Å². The molecule has 0 radical (unpaired) electrons. The van der Waals surface area contributed by atoms with Crippen LogP contribution in [0.25, 0.3) is 0 Å². The third-order valence-corrected chi connectivity index (χ3v) is 7.21. The highest BCUT2D eigenvalue weighted by molar-refractivity contribution is 9.10. The number of halogens is 4. The van der Waals surface area contributed by atoms with E-state index in [4.69, 9.17) is 39.0 Å². The summed E-state index contributed by atoms with van der Waals surface area (Å²) in [5.41, 5.74) is -0.918. The Morgan fingerprint density at radius 2 is 1.78 bits per heavy atom. The Labute approximate surface area is 158 Å². The van der Waals surface area contributed by atoms with Crippen LogP contribution in [-0.2, 0) is 19.1 Å². The second-order valence-electron chi connectivity index (χ2n) is 5.88. The zero-order chi connectivity index (χ0) is 17.6. The number of carbonyl (C=O) groups excluding carboxylic acids is 1. The van der Waals surface area contributed by atoms with Crippen molar-refractivity contribution >= 4 is 66.6 Å². The Morgan fingerprint density at radius 1 is 1.26 bits per heavy atom. The summed E-state index contributed by atoms with van der Waals surface area (Å²) in [6, 6.07) is 5.87. The summed E-state index contributed by atoms with van der Waals surface area (Å²) in [5.74, 6) is -1.28. The van der Waals surface area contributed by atoms with Crippen LogP contribution in [0.2, 0.25) is 0 Å². The van der Waals surface area contributed by atoms with Gasteiger partial charge in [-0.2, -0.15) is 8.42 Å². The van der Waals surface area contributed by atoms with Gasteiger partial charge in [-0.1, -0.05) is 53.0 Å².